The Hall–Kier alpha value is -5.13. The van der Waals surface area contributed by atoms with Gasteiger partial charge in [-0.1, -0.05) is 41.9 Å². The van der Waals surface area contributed by atoms with Crippen LogP contribution in [0.15, 0.2) is 66.7 Å². The summed E-state index contributed by atoms with van der Waals surface area (Å²) < 4.78 is 33.6. The summed E-state index contributed by atoms with van der Waals surface area (Å²) in [4.78, 5) is 14.1. The first-order chi connectivity index (χ1) is 27.6. The number of fused-ring (bicyclic) bond motifs is 1. The maximum atomic E-state index is 14.2. The molecule has 2 fully saturated rings. The average Bonchev–Trinajstić information content (AvgIpc) is 3.63. The normalized spacial score (nSPS) is 18.9. The van der Waals surface area contributed by atoms with Gasteiger partial charge in [0.15, 0.2) is 0 Å². The Labute approximate surface area is 339 Å². The second-order valence-corrected chi connectivity index (χ2v) is 16.1. The molecular weight excluding hydrogens is 741 g/mol. The molecule has 0 saturated carbocycles. The number of alkyl halides is 1. The number of carbonyl (C=O) groups is 1. The van der Waals surface area contributed by atoms with Crippen LogP contribution in [0.2, 0.25) is 5.02 Å². The number of carbonyl (C=O) groups excluding carboxylic acids is 1. The van der Waals surface area contributed by atoms with Gasteiger partial charge in [0, 0.05) is 56.8 Å². The van der Waals surface area contributed by atoms with Crippen LogP contribution in [0.1, 0.15) is 90.5 Å². The zero-order chi connectivity index (χ0) is 39.9. The molecule has 1 amide bonds. The molecule has 4 aromatic carbocycles. The third kappa shape index (κ3) is 9.88. The average molecular weight is 790 g/mol. The molecule has 2 heterocycles. The van der Waals surface area contributed by atoms with Gasteiger partial charge in [0.05, 0.1) is 34.9 Å². The first-order valence-electron chi connectivity index (χ1n) is 19.9. The summed E-state index contributed by atoms with van der Waals surface area (Å²) in [6.07, 6.45) is 4.65. The van der Waals surface area contributed by atoms with Crippen molar-refractivity contribution in [3.05, 3.63) is 111 Å². The van der Waals surface area contributed by atoms with Gasteiger partial charge in [0.25, 0.3) is 0 Å². The van der Waals surface area contributed by atoms with Gasteiger partial charge in [-0.3, -0.25) is 4.79 Å². The standard InChI is InChI=1S/C46H49ClFN5O4/c1-30-36(6-4-9-41(30)55-19-5-16-53-17-14-46(2,48)15-18-53)37-7-3-8-39-38(37)11-12-42(39)57-44-24-43(56-29-33-21-31(25-49)20-32(22-33)26-50)34(23-40(44)47)27-51-35-10-13-45(54)52-28-35/h3-4,6-9,20-24,35,42,51H,5,10-19,27-29H2,1-2H3,(H,52,54)/t35-,42+/m1/s1. The van der Waals surface area contributed by atoms with Gasteiger partial charge in [-0.25, -0.2) is 4.39 Å². The van der Waals surface area contributed by atoms with Gasteiger partial charge in [-0.15, -0.1) is 0 Å². The van der Waals surface area contributed by atoms with Crippen molar-refractivity contribution in [2.24, 2.45) is 0 Å². The molecule has 0 bridgehead atoms. The molecule has 3 aliphatic rings. The molecule has 1 aliphatic carbocycles. The molecule has 7 rings (SSSR count). The predicted octanol–water partition coefficient (Wildman–Crippen LogP) is 8.67. The highest BCUT2D eigenvalue weighted by molar-refractivity contribution is 6.32. The third-order valence-corrected chi connectivity index (χ3v) is 11.7. The van der Waals surface area contributed by atoms with Crippen molar-refractivity contribution in [3.8, 4) is 40.5 Å². The largest absolute Gasteiger partial charge is 0.493 e. The molecule has 0 unspecified atom stereocenters. The molecule has 57 heavy (non-hydrogen) atoms. The summed E-state index contributed by atoms with van der Waals surface area (Å²) in [5.74, 6) is 2.00. The maximum absolute atomic E-state index is 14.2. The van der Waals surface area contributed by atoms with Crippen molar-refractivity contribution >= 4 is 17.5 Å². The number of hydrogen-bond donors (Lipinski definition) is 2. The molecule has 0 radical (unpaired) electrons. The molecule has 2 atom stereocenters. The highest BCUT2D eigenvalue weighted by Crippen LogP contribution is 2.44. The number of hydrogen-bond acceptors (Lipinski definition) is 8. The zero-order valence-corrected chi connectivity index (χ0v) is 33.4. The molecule has 0 aromatic heterocycles. The number of ether oxygens (including phenoxy) is 3. The van der Waals surface area contributed by atoms with Gasteiger partial charge in [-0.2, -0.15) is 10.5 Å². The van der Waals surface area contributed by atoms with Crippen molar-refractivity contribution in [2.45, 2.75) is 89.8 Å². The van der Waals surface area contributed by atoms with Gasteiger partial charge in [0.1, 0.15) is 35.6 Å². The number of halogens is 2. The Kier molecular flexibility index (Phi) is 12.6. The minimum absolute atomic E-state index is 0.0561. The van der Waals surface area contributed by atoms with E-state index < -0.39 is 5.67 Å². The van der Waals surface area contributed by atoms with E-state index in [0.29, 0.717) is 72.2 Å². The Morgan fingerprint density at radius 3 is 2.44 bits per heavy atom. The van der Waals surface area contributed by atoms with Crippen LogP contribution in [-0.2, 0) is 24.4 Å². The maximum Gasteiger partial charge on any atom is 0.220 e. The molecule has 2 saturated heterocycles. The topological polar surface area (TPSA) is 120 Å². The van der Waals surface area contributed by atoms with E-state index in [1.54, 1.807) is 25.1 Å². The van der Waals surface area contributed by atoms with E-state index >= 15 is 0 Å². The third-order valence-electron chi connectivity index (χ3n) is 11.4. The molecular formula is C46H49ClFN5O4. The molecule has 11 heteroatoms. The SMILES string of the molecule is Cc1c(OCCCN2CCC(C)(F)CC2)cccc1-c1cccc2c1CC[C@@H]2Oc1cc(OCc2cc(C#N)cc(C#N)c2)c(CN[C@@H]2CCC(=O)NC2)cc1Cl. The van der Waals surface area contributed by atoms with Crippen LogP contribution in [0.5, 0.6) is 17.2 Å². The summed E-state index contributed by atoms with van der Waals surface area (Å²) in [6.45, 7) is 8.04. The first-order valence-corrected chi connectivity index (χ1v) is 20.3. The smallest absolute Gasteiger partial charge is 0.220 e. The minimum atomic E-state index is -1.04. The lowest BCUT2D eigenvalue weighted by Crippen LogP contribution is -2.45. The van der Waals surface area contributed by atoms with Gasteiger partial charge in [0.2, 0.25) is 5.91 Å². The lowest BCUT2D eigenvalue weighted by Gasteiger charge is -2.34. The Morgan fingerprint density at radius 1 is 0.947 bits per heavy atom. The number of benzene rings is 4. The van der Waals surface area contributed by atoms with E-state index in [2.05, 4.69) is 58.9 Å². The van der Waals surface area contributed by atoms with Crippen LogP contribution >= 0.6 is 11.6 Å². The number of likely N-dealkylation sites (tertiary alicyclic amines) is 1. The molecule has 0 spiro atoms. The molecule has 4 aromatic rings. The highest BCUT2D eigenvalue weighted by Gasteiger charge is 2.30. The van der Waals surface area contributed by atoms with E-state index in [4.69, 9.17) is 25.8 Å². The van der Waals surface area contributed by atoms with Gasteiger partial charge in [-0.05, 0) is 116 Å². The van der Waals surface area contributed by atoms with Crippen molar-refractivity contribution < 1.29 is 23.4 Å². The minimum Gasteiger partial charge on any atom is -0.493 e. The van der Waals surface area contributed by atoms with E-state index in [1.165, 1.54) is 5.56 Å². The number of nitrogens with zero attached hydrogens (tertiary/aromatic N) is 3. The summed E-state index contributed by atoms with van der Waals surface area (Å²) in [5.41, 5.74) is 7.00. The second-order valence-electron chi connectivity index (χ2n) is 15.6. The van der Waals surface area contributed by atoms with Crippen molar-refractivity contribution in [2.75, 3.05) is 32.8 Å². The van der Waals surface area contributed by atoms with Crippen molar-refractivity contribution in [1.82, 2.24) is 15.5 Å². The van der Waals surface area contributed by atoms with Crippen LogP contribution in [0, 0.1) is 29.6 Å². The first kappa shape index (κ1) is 40.1. The predicted molar refractivity (Wildman–Crippen MR) is 218 cm³/mol. The van der Waals surface area contributed by atoms with E-state index in [1.807, 2.05) is 24.3 Å². The molecule has 9 nitrogen and oxygen atoms in total. The highest BCUT2D eigenvalue weighted by atomic mass is 35.5. The fourth-order valence-electron chi connectivity index (χ4n) is 8.09. The van der Waals surface area contributed by atoms with Crippen LogP contribution < -0.4 is 24.8 Å². The van der Waals surface area contributed by atoms with E-state index in [-0.39, 0.29) is 24.7 Å². The Balaban J connectivity index is 1.07. The zero-order valence-electron chi connectivity index (χ0n) is 32.6. The molecule has 296 valence electrons. The van der Waals surface area contributed by atoms with Crippen molar-refractivity contribution in [1.29, 1.82) is 10.5 Å². The van der Waals surface area contributed by atoms with Crippen LogP contribution in [0.25, 0.3) is 11.1 Å². The fourth-order valence-corrected chi connectivity index (χ4v) is 8.32. The fraction of sp³-hybridized carbons (Fsp3) is 0.413. The Morgan fingerprint density at radius 2 is 1.70 bits per heavy atom. The molecule has 2 aliphatic heterocycles. The molecule has 2 N–H and O–H groups in total. The number of rotatable bonds is 14. The quantitative estimate of drug-likeness (QED) is 0.122. The summed E-state index contributed by atoms with van der Waals surface area (Å²) >= 11 is 6.95. The van der Waals surface area contributed by atoms with Crippen LogP contribution in [0.3, 0.4) is 0 Å². The van der Waals surface area contributed by atoms with Gasteiger partial charge >= 0.3 is 0 Å². The van der Waals surface area contributed by atoms with Crippen LogP contribution in [0.4, 0.5) is 4.39 Å². The summed E-state index contributed by atoms with van der Waals surface area (Å²) in [6, 6.07) is 25.6. The monoisotopic (exact) mass is 789 g/mol. The van der Waals surface area contributed by atoms with Crippen LogP contribution in [-0.4, -0.2) is 55.3 Å². The number of piperidine rings is 2. The number of nitrogens with one attached hydrogen (secondary N) is 2. The lowest BCUT2D eigenvalue weighted by atomic mass is 9.93. The Bertz CT molecular complexity index is 2140. The second kappa shape index (κ2) is 18.0. The van der Waals surface area contributed by atoms with E-state index in [9.17, 15) is 19.7 Å². The lowest BCUT2D eigenvalue weighted by molar-refractivity contribution is -0.122. The summed E-state index contributed by atoms with van der Waals surface area (Å²) in [5, 5.41) is 25.9. The number of amides is 1. The van der Waals surface area contributed by atoms with Gasteiger partial charge < -0.3 is 29.7 Å². The number of nitriles is 2. The van der Waals surface area contributed by atoms with Crippen molar-refractivity contribution in [3.63, 3.8) is 0 Å². The summed E-state index contributed by atoms with van der Waals surface area (Å²) in [7, 11) is 0. The van der Waals surface area contributed by atoms with E-state index in [0.717, 1.165) is 78.9 Å².